The lowest BCUT2D eigenvalue weighted by Gasteiger charge is -2.28. The molecule has 0 unspecified atom stereocenters. The van der Waals surface area contributed by atoms with Crippen molar-refractivity contribution in [1.82, 2.24) is 10.2 Å². The predicted molar refractivity (Wildman–Crippen MR) is 108 cm³/mol. The second-order valence-corrected chi connectivity index (χ2v) is 8.65. The number of hydrogen-bond donors (Lipinski definition) is 0. The second-order valence-electron chi connectivity index (χ2n) is 7.59. The van der Waals surface area contributed by atoms with Crippen LogP contribution >= 0.6 is 11.3 Å². The van der Waals surface area contributed by atoms with Crippen molar-refractivity contribution in [2.75, 3.05) is 0 Å². The lowest BCUT2D eigenvalue weighted by atomic mass is 9.77. The van der Waals surface area contributed by atoms with Gasteiger partial charge in [-0.2, -0.15) is 0 Å². The van der Waals surface area contributed by atoms with Gasteiger partial charge in [-0.3, -0.25) is 0 Å². The molecule has 136 valence electrons. The minimum Gasteiger partial charge on any atom is -0.143 e. The molecule has 1 aliphatic carbocycles. The number of aromatic nitrogens is 2. The third-order valence-corrected chi connectivity index (χ3v) is 6.67. The van der Waals surface area contributed by atoms with Gasteiger partial charge in [0.05, 0.1) is 0 Å². The Morgan fingerprint density at radius 3 is 2.36 bits per heavy atom. The highest BCUT2D eigenvalue weighted by atomic mass is 32.1. The van der Waals surface area contributed by atoms with Crippen LogP contribution < -0.4 is 0 Å². The zero-order chi connectivity index (χ0) is 17.5. The maximum atomic E-state index is 4.41. The van der Waals surface area contributed by atoms with Gasteiger partial charge in [0.25, 0.3) is 0 Å². The predicted octanol–water partition coefficient (Wildman–Crippen LogP) is 7.01. The van der Waals surface area contributed by atoms with E-state index in [9.17, 15) is 0 Å². The number of aryl methyl sites for hydroxylation is 1. The molecule has 1 heterocycles. The Morgan fingerprint density at radius 1 is 0.920 bits per heavy atom. The van der Waals surface area contributed by atoms with Crippen molar-refractivity contribution in [3.63, 3.8) is 0 Å². The van der Waals surface area contributed by atoms with Gasteiger partial charge in [0.2, 0.25) is 0 Å². The molecule has 1 aromatic heterocycles. The van der Waals surface area contributed by atoms with Gasteiger partial charge < -0.3 is 0 Å². The largest absolute Gasteiger partial charge is 0.147 e. The molecule has 0 radical (unpaired) electrons. The summed E-state index contributed by atoms with van der Waals surface area (Å²) in [4.78, 5) is 0. The van der Waals surface area contributed by atoms with Gasteiger partial charge in [0.15, 0.2) is 0 Å². The normalized spacial score (nSPS) is 20.7. The number of nitrogens with zero attached hydrogens (tertiary/aromatic N) is 2. The van der Waals surface area contributed by atoms with E-state index in [1.165, 1.54) is 73.9 Å². The van der Waals surface area contributed by atoms with Crippen LogP contribution in [0.4, 0.5) is 0 Å². The van der Waals surface area contributed by atoms with E-state index >= 15 is 0 Å². The molecular formula is C22H32N2S. The summed E-state index contributed by atoms with van der Waals surface area (Å²) in [5, 5.41) is 11.0. The summed E-state index contributed by atoms with van der Waals surface area (Å²) in [6.45, 7) is 4.55. The minimum absolute atomic E-state index is 0.765. The van der Waals surface area contributed by atoms with Gasteiger partial charge in [-0.05, 0) is 49.5 Å². The molecular weight excluding hydrogens is 324 g/mol. The fourth-order valence-electron chi connectivity index (χ4n) is 4.09. The Morgan fingerprint density at radius 2 is 1.68 bits per heavy atom. The molecule has 0 bridgehead atoms. The van der Waals surface area contributed by atoms with Gasteiger partial charge in [0, 0.05) is 12.0 Å². The average Bonchev–Trinajstić information content (AvgIpc) is 3.12. The molecule has 0 saturated heterocycles. The molecule has 1 fully saturated rings. The van der Waals surface area contributed by atoms with Gasteiger partial charge in [0.1, 0.15) is 10.0 Å². The number of unbranched alkanes of at least 4 members (excludes halogenated alkanes) is 2. The van der Waals surface area contributed by atoms with Gasteiger partial charge in [-0.25, -0.2) is 0 Å². The highest BCUT2D eigenvalue weighted by Gasteiger charge is 2.21. The standard InChI is InChI=1S/C22H32N2S/c1-3-5-6-8-21-23-24-22(25-21)20-15-13-19(14-16-20)18-11-9-17(7-4-2)10-12-18/h13-18H,3-12H2,1-2H3/t17-,18-. The summed E-state index contributed by atoms with van der Waals surface area (Å²) in [5.74, 6) is 1.74. The summed E-state index contributed by atoms with van der Waals surface area (Å²) in [7, 11) is 0. The molecule has 1 aliphatic rings. The molecule has 0 N–H and O–H groups in total. The monoisotopic (exact) mass is 356 g/mol. The first-order valence-corrected chi connectivity index (χ1v) is 11.0. The van der Waals surface area contributed by atoms with E-state index in [2.05, 4.69) is 48.3 Å². The zero-order valence-electron chi connectivity index (χ0n) is 15.8. The average molecular weight is 357 g/mol. The molecule has 3 rings (SSSR count). The number of rotatable bonds is 8. The maximum Gasteiger partial charge on any atom is 0.147 e. The van der Waals surface area contributed by atoms with E-state index in [0.717, 1.165) is 23.3 Å². The van der Waals surface area contributed by atoms with Crippen molar-refractivity contribution < 1.29 is 0 Å². The van der Waals surface area contributed by atoms with Crippen molar-refractivity contribution in [3.8, 4) is 10.6 Å². The summed E-state index contributed by atoms with van der Waals surface area (Å²) < 4.78 is 0. The summed E-state index contributed by atoms with van der Waals surface area (Å²) in [6.07, 6.45) is 13.2. The Labute approximate surface area is 157 Å². The molecule has 1 saturated carbocycles. The smallest absolute Gasteiger partial charge is 0.143 e. The zero-order valence-corrected chi connectivity index (χ0v) is 16.7. The number of hydrogen-bond acceptors (Lipinski definition) is 3. The topological polar surface area (TPSA) is 25.8 Å². The third kappa shape index (κ3) is 5.13. The van der Waals surface area contributed by atoms with E-state index in [1.54, 1.807) is 11.3 Å². The Hall–Kier alpha value is -1.22. The molecule has 0 spiro atoms. The number of benzene rings is 1. The first-order chi connectivity index (χ1) is 12.3. The van der Waals surface area contributed by atoms with E-state index in [-0.39, 0.29) is 0 Å². The van der Waals surface area contributed by atoms with Gasteiger partial charge in [-0.15, -0.1) is 10.2 Å². The SMILES string of the molecule is CCCCCc1nnc(-c2ccc([C@H]3CC[C@H](CCC)CC3)cc2)s1. The molecule has 25 heavy (non-hydrogen) atoms. The van der Waals surface area contributed by atoms with Crippen LogP contribution in [0.5, 0.6) is 0 Å². The highest BCUT2D eigenvalue weighted by molar-refractivity contribution is 7.14. The second kappa shape index (κ2) is 9.47. The van der Waals surface area contributed by atoms with Crippen molar-refractivity contribution >= 4 is 11.3 Å². The molecule has 0 atom stereocenters. The Balaban J connectivity index is 1.57. The van der Waals surface area contributed by atoms with Crippen molar-refractivity contribution in [3.05, 3.63) is 34.8 Å². The Bertz CT molecular complexity index is 624. The Kier molecular flexibility index (Phi) is 7.03. The maximum absolute atomic E-state index is 4.41. The molecule has 2 aromatic rings. The molecule has 0 aliphatic heterocycles. The van der Waals surface area contributed by atoms with Crippen molar-refractivity contribution in [2.24, 2.45) is 5.92 Å². The van der Waals surface area contributed by atoms with Gasteiger partial charge >= 0.3 is 0 Å². The summed E-state index contributed by atoms with van der Waals surface area (Å²) in [6, 6.07) is 9.17. The quantitative estimate of drug-likeness (QED) is 0.475. The van der Waals surface area contributed by atoms with Crippen LogP contribution in [-0.2, 0) is 6.42 Å². The van der Waals surface area contributed by atoms with Crippen LogP contribution in [0.15, 0.2) is 24.3 Å². The molecule has 1 aromatic carbocycles. The minimum atomic E-state index is 0.765. The van der Waals surface area contributed by atoms with Crippen LogP contribution in [0.2, 0.25) is 0 Å². The van der Waals surface area contributed by atoms with Gasteiger partial charge in [-0.1, -0.05) is 75.1 Å². The first-order valence-electron chi connectivity index (χ1n) is 10.2. The van der Waals surface area contributed by atoms with E-state index in [4.69, 9.17) is 0 Å². The lowest BCUT2D eigenvalue weighted by molar-refractivity contribution is 0.308. The molecule has 2 nitrogen and oxygen atoms in total. The molecule has 3 heteroatoms. The van der Waals surface area contributed by atoms with E-state index in [1.807, 2.05) is 0 Å². The fourth-order valence-corrected chi connectivity index (χ4v) is 4.97. The molecule has 0 amide bonds. The van der Waals surface area contributed by atoms with E-state index < -0.39 is 0 Å². The van der Waals surface area contributed by atoms with Crippen LogP contribution in [0.3, 0.4) is 0 Å². The first kappa shape index (κ1) is 18.6. The van der Waals surface area contributed by atoms with Crippen LogP contribution in [0, 0.1) is 5.92 Å². The van der Waals surface area contributed by atoms with Crippen LogP contribution in [0.1, 0.15) is 88.1 Å². The van der Waals surface area contributed by atoms with Crippen molar-refractivity contribution in [2.45, 2.75) is 84.0 Å². The lowest BCUT2D eigenvalue weighted by Crippen LogP contribution is -2.13. The third-order valence-electron chi connectivity index (χ3n) is 5.63. The van der Waals surface area contributed by atoms with Crippen LogP contribution in [-0.4, -0.2) is 10.2 Å². The van der Waals surface area contributed by atoms with Crippen LogP contribution in [0.25, 0.3) is 10.6 Å². The fraction of sp³-hybridized carbons (Fsp3) is 0.636. The van der Waals surface area contributed by atoms with E-state index in [0.29, 0.717) is 0 Å². The van der Waals surface area contributed by atoms with Crippen molar-refractivity contribution in [1.29, 1.82) is 0 Å². The highest BCUT2D eigenvalue weighted by Crippen LogP contribution is 2.38. The summed E-state index contributed by atoms with van der Waals surface area (Å²) in [5.41, 5.74) is 2.74. The summed E-state index contributed by atoms with van der Waals surface area (Å²) >= 11 is 1.76.